The molecule has 0 aliphatic carbocycles. The van der Waals surface area contributed by atoms with Crippen molar-refractivity contribution >= 4 is 5.91 Å². The maximum Gasteiger partial charge on any atom is 0.273 e. The van der Waals surface area contributed by atoms with Crippen LogP contribution in [0, 0.1) is 11.8 Å². The number of para-hydroxylation sites is 1. The largest absolute Gasteiger partial charge is 0.496 e. The Labute approximate surface area is 168 Å². The van der Waals surface area contributed by atoms with Crippen molar-refractivity contribution in [3.63, 3.8) is 0 Å². The summed E-state index contributed by atoms with van der Waals surface area (Å²) in [6, 6.07) is 8.32. The number of rotatable bonds is 10. The number of nitrogens with zero attached hydrogens (tertiary/aromatic N) is 2. The number of hydrogen-bond donors (Lipinski definition) is 1. The van der Waals surface area contributed by atoms with Crippen LogP contribution in [-0.2, 0) is 13.1 Å². The van der Waals surface area contributed by atoms with E-state index < -0.39 is 0 Å². The SMILES string of the molecule is COc1ccccc1CN(Cc1nc(C(=O)NCC(C)C)co1)[C@H](C)C(C)C. The van der Waals surface area contributed by atoms with Crippen LogP contribution in [0.5, 0.6) is 5.75 Å². The smallest absolute Gasteiger partial charge is 0.273 e. The number of carbonyl (C=O) groups excluding carboxylic acids is 1. The second-order valence-electron chi connectivity index (χ2n) is 7.93. The number of aromatic nitrogens is 1. The lowest BCUT2D eigenvalue weighted by Crippen LogP contribution is -2.36. The standard InChI is InChI=1S/C22H33N3O3/c1-15(2)11-23-22(26)19-14-28-21(24-19)13-25(17(5)16(3)4)12-18-9-7-8-10-20(18)27-6/h7-10,14-17H,11-13H2,1-6H3,(H,23,26)/t17-/m1/s1. The predicted octanol–water partition coefficient (Wildman–Crippen LogP) is 4.12. The highest BCUT2D eigenvalue weighted by atomic mass is 16.5. The number of hydrogen-bond acceptors (Lipinski definition) is 5. The van der Waals surface area contributed by atoms with Crippen molar-refractivity contribution in [2.45, 2.75) is 53.8 Å². The second kappa shape index (κ2) is 10.3. The van der Waals surface area contributed by atoms with E-state index in [0.717, 1.165) is 11.3 Å². The molecule has 0 fully saturated rings. The van der Waals surface area contributed by atoms with Crippen LogP contribution in [0.2, 0.25) is 0 Å². The Morgan fingerprint density at radius 1 is 1.18 bits per heavy atom. The average molecular weight is 388 g/mol. The van der Waals surface area contributed by atoms with E-state index in [9.17, 15) is 4.79 Å². The number of amides is 1. The van der Waals surface area contributed by atoms with E-state index in [2.05, 4.69) is 55.9 Å². The minimum absolute atomic E-state index is 0.197. The van der Waals surface area contributed by atoms with Gasteiger partial charge in [0.15, 0.2) is 5.69 Å². The molecule has 1 aromatic heterocycles. The van der Waals surface area contributed by atoms with Crippen LogP contribution in [0.25, 0.3) is 0 Å². The van der Waals surface area contributed by atoms with Crippen LogP contribution in [0.15, 0.2) is 34.9 Å². The number of ether oxygens (including phenoxy) is 1. The summed E-state index contributed by atoms with van der Waals surface area (Å²) in [6.07, 6.45) is 1.44. The van der Waals surface area contributed by atoms with Gasteiger partial charge in [-0.1, -0.05) is 45.9 Å². The Bertz CT molecular complexity index is 755. The first kappa shape index (κ1) is 22.0. The molecule has 0 spiro atoms. The van der Waals surface area contributed by atoms with Crippen molar-refractivity contribution in [2.75, 3.05) is 13.7 Å². The van der Waals surface area contributed by atoms with E-state index >= 15 is 0 Å². The van der Waals surface area contributed by atoms with Crippen LogP contribution in [-0.4, -0.2) is 35.5 Å². The molecule has 154 valence electrons. The van der Waals surface area contributed by atoms with E-state index in [1.165, 1.54) is 6.26 Å². The van der Waals surface area contributed by atoms with Crippen LogP contribution >= 0.6 is 0 Å². The summed E-state index contributed by atoms with van der Waals surface area (Å²) in [6.45, 7) is 12.5. The molecule has 1 heterocycles. The molecular formula is C22H33N3O3. The van der Waals surface area contributed by atoms with Crippen molar-refractivity contribution < 1.29 is 13.9 Å². The summed E-state index contributed by atoms with van der Waals surface area (Å²) in [5.74, 6) is 2.05. The fraction of sp³-hybridized carbons (Fsp3) is 0.545. The van der Waals surface area contributed by atoms with E-state index in [0.29, 0.717) is 49.1 Å². The lowest BCUT2D eigenvalue weighted by atomic mass is 10.0. The Hall–Kier alpha value is -2.34. The van der Waals surface area contributed by atoms with E-state index in [4.69, 9.17) is 9.15 Å². The zero-order chi connectivity index (χ0) is 20.7. The molecule has 1 atom stereocenters. The molecule has 0 unspecified atom stereocenters. The molecule has 28 heavy (non-hydrogen) atoms. The lowest BCUT2D eigenvalue weighted by molar-refractivity contribution is 0.0943. The average Bonchev–Trinajstić information content (AvgIpc) is 3.13. The van der Waals surface area contributed by atoms with Gasteiger partial charge in [0, 0.05) is 24.7 Å². The van der Waals surface area contributed by atoms with Crippen molar-refractivity contribution in [1.82, 2.24) is 15.2 Å². The summed E-state index contributed by atoms with van der Waals surface area (Å²) in [7, 11) is 1.69. The number of carbonyl (C=O) groups is 1. The molecule has 0 saturated heterocycles. The van der Waals surface area contributed by atoms with Crippen molar-refractivity contribution in [3.05, 3.63) is 47.7 Å². The summed E-state index contributed by atoms with van der Waals surface area (Å²) >= 11 is 0. The topological polar surface area (TPSA) is 67.6 Å². The molecule has 2 rings (SSSR count). The van der Waals surface area contributed by atoms with Crippen molar-refractivity contribution in [3.8, 4) is 5.75 Å². The third kappa shape index (κ3) is 6.09. The number of benzene rings is 1. The molecule has 0 saturated carbocycles. The van der Waals surface area contributed by atoms with E-state index in [1.807, 2.05) is 18.2 Å². The van der Waals surface area contributed by atoms with Gasteiger partial charge < -0.3 is 14.5 Å². The molecule has 6 heteroatoms. The fourth-order valence-corrected chi connectivity index (χ4v) is 2.87. The van der Waals surface area contributed by atoms with Crippen LogP contribution < -0.4 is 10.1 Å². The Morgan fingerprint density at radius 3 is 2.54 bits per heavy atom. The third-order valence-corrected chi connectivity index (χ3v) is 4.90. The highest BCUT2D eigenvalue weighted by Gasteiger charge is 2.22. The summed E-state index contributed by atoms with van der Waals surface area (Å²) in [5.41, 5.74) is 1.43. The Balaban J connectivity index is 2.14. The first-order chi connectivity index (χ1) is 13.3. The van der Waals surface area contributed by atoms with Gasteiger partial charge >= 0.3 is 0 Å². The van der Waals surface area contributed by atoms with Gasteiger partial charge in [0.05, 0.1) is 13.7 Å². The van der Waals surface area contributed by atoms with E-state index in [-0.39, 0.29) is 5.91 Å². The lowest BCUT2D eigenvalue weighted by Gasteiger charge is -2.31. The molecule has 0 bridgehead atoms. The number of nitrogens with one attached hydrogen (secondary N) is 1. The summed E-state index contributed by atoms with van der Waals surface area (Å²) in [5, 5.41) is 2.87. The van der Waals surface area contributed by atoms with Gasteiger partial charge in [-0.3, -0.25) is 9.69 Å². The van der Waals surface area contributed by atoms with Gasteiger partial charge in [-0.05, 0) is 24.8 Å². The first-order valence-corrected chi connectivity index (χ1v) is 9.90. The molecule has 1 aromatic carbocycles. The second-order valence-corrected chi connectivity index (χ2v) is 7.93. The molecule has 0 radical (unpaired) electrons. The molecule has 1 amide bonds. The third-order valence-electron chi connectivity index (χ3n) is 4.90. The van der Waals surface area contributed by atoms with Crippen molar-refractivity contribution in [2.24, 2.45) is 11.8 Å². The minimum atomic E-state index is -0.197. The molecule has 1 N–H and O–H groups in total. The maximum absolute atomic E-state index is 12.2. The number of oxazole rings is 1. The van der Waals surface area contributed by atoms with Gasteiger partial charge in [-0.2, -0.15) is 0 Å². The highest BCUT2D eigenvalue weighted by Crippen LogP contribution is 2.23. The van der Waals surface area contributed by atoms with Gasteiger partial charge in [-0.25, -0.2) is 4.98 Å². The van der Waals surface area contributed by atoms with Gasteiger partial charge in [-0.15, -0.1) is 0 Å². The summed E-state index contributed by atoms with van der Waals surface area (Å²) < 4.78 is 11.1. The maximum atomic E-state index is 12.2. The molecule has 0 aliphatic heterocycles. The molecule has 0 aliphatic rings. The zero-order valence-corrected chi connectivity index (χ0v) is 17.9. The van der Waals surface area contributed by atoms with Crippen LogP contribution in [0.3, 0.4) is 0 Å². The number of methoxy groups -OCH3 is 1. The zero-order valence-electron chi connectivity index (χ0n) is 17.9. The molecular weight excluding hydrogens is 354 g/mol. The van der Waals surface area contributed by atoms with Gasteiger partial charge in [0.1, 0.15) is 12.0 Å². The van der Waals surface area contributed by atoms with Crippen molar-refractivity contribution in [1.29, 1.82) is 0 Å². The first-order valence-electron chi connectivity index (χ1n) is 9.90. The van der Waals surface area contributed by atoms with Gasteiger partial charge in [0.2, 0.25) is 5.89 Å². The fourth-order valence-electron chi connectivity index (χ4n) is 2.87. The Morgan fingerprint density at radius 2 is 1.89 bits per heavy atom. The minimum Gasteiger partial charge on any atom is -0.496 e. The normalized spacial score (nSPS) is 12.6. The van der Waals surface area contributed by atoms with E-state index in [1.54, 1.807) is 7.11 Å². The Kier molecular flexibility index (Phi) is 8.05. The molecule has 2 aromatic rings. The predicted molar refractivity (Wildman–Crippen MR) is 110 cm³/mol. The monoisotopic (exact) mass is 387 g/mol. The van der Waals surface area contributed by atoms with Crippen LogP contribution in [0.4, 0.5) is 0 Å². The highest BCUT2D eigenvalue weighted by molar-refractivity contribution is 5.91. The summed E-state index contributed by atoms with van der Waals surface area (Å²) in [4.78, 5) is 18.9. The van der Waals surface area contributed by atoms with Crippen LogP contribution in [0.1, 0.15) is 56.6 Å². The molecule has 6 nitrogen and oxygen atoms in total. The quantitative estimate of drug-likeness (QED) is 0.664. The van der Waals surface area contributed by atoms with Gasteiger partial charge in [0.25, 0.3) is 5.91 Å².